The lowest BCUT2D eigenvalue weighted by atomic mass is 10.0. The van der Waals surface area contributed by atoms with Crippen molar-refractivity contribution < 1.29 is 13.6 Å². The van der Waals surface area contributed by atoms with Crippen LogP contribution in [0.4, 0.5) is 10.3 Å². The summed E-state index contributed by atoms with van der Waals surface area (Å²) in [5.74, 6) is 0.536. The molecule has 6 rings (SSSR count). The maximum atomic E-state index is 14.8. The number of amides is 1. The zero-order valence-corrected chi connectivity index (χ0v) is 18.2. The van der Waals surface area contributed by atoms with Crippen molar-refractivity contribution in [3.8, 4) is 11.3 Å². The number of aromatic nitrogens is 3. The number of carbonyl (C=O) groups excluding carboxylic acids is 1. The first-order valence-electron chi connectivity index (χ1n) is 10.5. The molecule has 2 aliphatic heterocycles. The van der Waals surface area contributed by atoms with E-state index < -0.39 is 5.82 Å². The third kappa shape index (κ3) is 3.07. The lowest BCUT2D eigenvalue weighted by Gasteiger charge is -2.23. The van der Waals surface area contributed by atoms with Crippen molar-refractivity contribution in [2.75, 3.05) is 31.1 Å². The van der Waals surface area contributed by atoms with Gasteiger partial charge >= 0.3 is 0 Å². The van der Waals surface area contributed by atoms with Crippen LogP contribution in [0.15, 0.2) is 45.8 Å². The Labute approximate surface area is 187 Å². The number of thiazole rings is 1. The topological polar surface area (TPSA) is 75.4 Å². The molecular formula is C23H20FN5O2S. The fraction of sp³-hybridized carbons (Fsp3) is 0.304. The van der Waals surface area contributed by atoms with Crippen molar-refractivity contribution in [2.24, 2.45) is 11.8 Å². The number of anilines is 1. The highest BCUT2D eigenvalue weighted by atomic mass is 32.1. The van der Waals surface area contributed by atoms with Crippen molar-refractivity contribution in [2.45, 2.75) is 6.92 Å². The summed E-state index contributed by atoms with van der Waals surface area (Å²) in [6, 6.07) is 6.57. The second-order valence-electron chi connectivity index (χ2n) is 8.42. The molecular weight excluding hydrogens is 429 g/mol. The Balaban J connectivity index is 1.22. The number of aryl methyl sites for hydroxylation is 1. The standard InChI is InChI=1S/C23H20FN5O2S/c1-13-21-18(5-6-31-21)27-23(26-13)29-9-14-7-28(8-15(14)10-29)22(30)20-16(3-2-4-17(20)24)19-11-32-12-25-19/h2-6,11-12,14-15H,7-10H2,1H3/t14-,15+. The lowest BCUT2D eigenvalue weighted by Crippen LogP contribution is -2.34. The number of benzene rings is 1. The zero-order chi connectivity index (χ0) is 21.8. The molecule has 0 radical (unpaired) electrons. The molecule has 0 bridgehead atoms. The second-order valence-corrected chi connectivity index (χ2v) is 9.13. The number of hydrogen-bond acceptors (Lipinski definition) is 7. The summed E-state index contributed by atoms with van der Waals surface area (Å²) in [5, 5.41) is 1.83. The molecule has 2 saturated heterocycles. The fourth-order valence-electron chi connectivity index (χ4n) is 4.92. The van der Waals surface area contributed by atoms with Crippen molar-refractivity contribution >= 4 is 34.3 Å². The summed E-state index contributed by atoms with van der Waals surface area (Å²) in [6.07, 6.45) is 1.63. The van der Waals surface area contributed by atoms with Crippen molar-refractivity contribution in [3.05, 3.63) is 58.5 Å². The van der Waals surface area contributed by atoms with E-state index in [9.17, 15) is 9.18 Å². The molecule has 0 unspecified atom stereocenters. The highest BCUT2D eigenvalue weighted by Crippen LogP contribution is 2.35. The van der Waals surface area contributed by atoms with E-state index in [2.05, 4.69) is 19.9 Å². The third-order valence-electron chi connectivity index (χ3n) is 6.45. The van der Waals surface area contributed by atoms with Gasteiger partial charge in [-0.2, -0.15) is 0 Å². The van der Waals surface area contributed by atoms with Gasteiger partial charge in [0, 0.05) is 55.0 Å². The minimum absolute atomic E-state index is 0.111. The molecule has 0 aliphatic carbocycles. The van der Waals surface area contributed by atoms with Crippen LogP contribution >= 0.6 is 11.3 Å². The highest BCUT2D eigenvalue weighted by molar-refractivity contribution is 7.07. The Kier molecular flexibility index (Phi) is 4.46. The molecule has 1 amide bonds. The van der Waals surface area contributed by atoms with Crippen molar-refractivity contribution in [3.63, 3.8) is 0 Å². The SMILES string of the molecule is Cc1nc(N2C[C@H]3CN(C(=O)c4c(F)cccc4-c4cscn4)C[C@H]3C2)nc2ccoc12. The predicted molar refractivity (Wildman–Crippen MR) is 119 cm³/mol. The van der Waals surface area contributed by atoms with Crippen LogP contribution in [0.5, 0.6) is 0 Å². The van der Waals surface area contributed by atoms with Crippen LogP contribution < -0.4 is 4.90 Å². The van der Waals surface area contributed by atoms with E-state index in [1.54, 1.807) is 28.8 Å². The molecule has 2 fully saturated rings. The van der Waals surface area contributed by atoms with E-state index in [4.69, 9.17) is 4.42 Å². The Morgan fingerprint density at radius 1 is 1.16 bits per heavy atom. The average molecular weight is 450 g/mol. The van der Waals surface area contributed by atoms with E-state index in [1.165, 1.54) is 17.4 Å². The van der Waals surface area contributed by atoms with E-state index >= 15 is 0 Å². The number of fused-ring (bicyclic) bond motifs is 2. The van der Waals surface area contributed by atoms with Crippen molar-refractivity contribution in [1.82, 2.24) is 19.9 Å². The summed E-state index contributed by atoms with van der Waals surface area (Å²) >= 11 is 1.43. The highest BCUT2D eigenvalue weighted by Gasteiger charge is 2.43. The molecule has 9 heteroatoms. The first-order chi connectivity index (χ1) is 15.6. The van der Waals surface area contributed by atoms with Gasteiger partial charge in [0.05, 0.1) is 28.7 Å². The Morgan fingerprint density at radius 3 is 2.72 bits per heavy atom. The zero-order valence-electron chi connectivity index (χ0n) is 17.4. The molecule has 2 atom stereocenters. The average Bonchev–Trinajstić information content (AvgIpc) is 3.56. The van der Waals surface area contributed by atoms with Crippen LogP contribution in [0, 0.1) is 24.6 Å². The largest absolute Gasteiger partial charge is 0.461 e. The molecule has 2 aliphatic rings. The van der Waals surface area contributed by atoms with E-state index in [-0.39, 0.29) is 11.5 Å². The van der Waals surface area contributed by atoms with Gasteiger partial charge in [0.1, 0.15) is 11.3 Å². The van der Waals surface area contributed by atoms with Gasteiger partial charge in [-0.1, -0.05) is 12.1 Å². The number of likely N-dealkylation sites (tertiary alicyclic amines) is 1. The molecule has 3 aromatic heterocycles. The van der Waals surface area contributed by atoms with Crippen molar-refractivity contribution in [1.29, 1.82) is 0 Å². The third-order valence-corrected chi connectivity index (χ3v) is 7.04. The second kappa shape index (κ2) is 7.37. The maximum absolute atomic E-state index is 14.8. The molecule has 162 valence electrons. The molecule has 4 aromatic rings. The maximum Gasteiger partial charge on any atom is 0.257 e. The Morgan fingerprint density at radius 2 is 1.97 bits per heavy atom. The predicted octanol–water partition coefficient (Wildman–Crippen LogP) is 4.00. The first kappa shape index (κ1) is 19.4. The summed E-state index contributed by atoms with van der Waals surface area (Å²) in [6.45, 7) is 4.65. The van der Waals surface area contributed by atoms with Gasteiger partial charge in [-0.3, -0.25) is 4.79 Å². The summed E-state index contributed by atoms with van der Waals surface area (Å²) in [7, 11) is 0. The number of rotatable bonds is 3. The molecule has 0 N–H and O–H groups in total. The minimum atomic E-state index is -0.503. The van der Waals surface area contributed by atoms with Gasteiger partial charge in [0.2, 0.25) is 5.95 Å². The fourth-order valence-corrected chi connectivity index (χ4v) is 5.47. The lowest BCUT2D eigenvalue weighted by molar-refractivity contribution is 0.0778. The van der Waals surface area contributed by atoms with Crippen LogP contribution in [0.25, 0.3) is 22.4 Å². The number of carbonyl (C=O) groups is 1. The van der Waals surface area contributed by atoms with Gasteiger partial charge in [-0.05, 0) is 13.0 Å². The van der Waals surface area contributed by atoms with E-state index in [0.29, 0.717) is 47.7 Å². The van der Waals surface area contributed by atoms with Gasteiger partial charge in [0.15, 0.2) is 5.58 Å². The molecule has 32 heavy (non-hydrogen) atoms. The van der Waals surface area contributed by atoms with Gasteiger partial charge in [-0.25, -0.2) is 19.3 Å². The minimum Gasteiger partial charge on any atom is -0.461 e. The summed E-state index contributed by atoms with van der Waals surface area (Å²) in [4.78, 5) is 30.8. The monoisotopic (exact) mass is 449 g/mol. The molecule has 1 aromatic carbocycles. The number of nitrogens with zero attached hydrogens (tertiary/aromatic N) is 5. The molecule has 5 heterocycles. The molecule has 0 saturated carbocycles. The number of furan rings is 1. The van der Waals surface area contributed by atoms with E-state index in [1.807, 2.05) is 18.4 Å². The summed E-state index contributed by atoms with van der Waals surface area (Å²) < 4.78 is 20.2. The molecule has 7 nitrogen and oxygen atoms in total. The van der Waals surface area contributed by atoms with Gasteiger partial charge in [0.25, 0.3) is 5.91 Å². The number of halogens is 1. The Bertz CT molecular complexity index is 1310. The Hall–Kier alpha value is -3.33. The van der Waals surface area contributed by atoms with Crippen LogP contribution in [-0.4, -0.2) is 51.9 Å². The van der Waals surface area contributed by atoms with Crippen LogP contribution in [0.1, 0.15) is 16.1 Å². The normalized spacial score (nSPS) is 20.3. The molecule has 0 spiro atoms. The van der Waals surface area contributed by atoms with Crippen LogP contribution in [0.2, 0.25) is 0 Å². The quantitative estimate of drug-likeness (QED) is 0.471. The smallest absolute Gasteiger partial charge is 0.257 e. The summed E-state index contributed by atoms with van der Waals surface area (Å²) in [5.41, 5.74) is 5.31. The van der Waals surface area contributed by atoms with Crippen LogP contribution in [0.3, 0.4) is 0 Å². The van der Waals surface area contributed by atoms with Gasteiger partial charge < -0.3 is 14.2 Å². The van der Waals surface area contributed by atoms with Crippen LogP contribution in [-0.2, 0) is 0 Å². The van der Waals surface area contributed by atoms with Gasteiger partial charge in [-0.15, -0.1) is 11.3 Å². The first-order valence-corrected chi connectivity index (χ1v) is 11.5. The number of hydrogen-bond donors (Lipinski definition) is 0. The van der Waals surface area contributed by atoms with E-state index in [0.717, 1.165) is 24.3 Å².